The van der Waals surface area contributed by atoms with Crippen molar-refractivity contribution in [2.45, 2.75) is 26.2 Å². The molecule has 0 bridgehead atoms. The van der Waals surface area contributed by atoms with Crippen LogP contribution in [0.25, 0.3) is 0 Å². The molecule has 0 aromatic heterocycles. The van der Waals surface area contributed by atoms with Crippen molar-refractivity contribution in [3.8, 4) is 0 Å². The first-order valence-corrected chi connectivity index (χ1v) is 11.0. The van der Waals surface area contributed by atoms with Crippen molar-refractivity contribution in [2.75, 3.05) is 38.7 Å². The van der Waals surface area contributed by atoms with Gasteiger partial charge in [-0.15, -0.1) is 0 Å². The normalized spacial score (nSPS) is 15.8. The molecule has 2 aromatic carbocycles. The van der Waals surface area contributed by atoms with Crippen LogP contribution in [-0.4, -0.2) is 56.0 Å². The van der Waals surface area contributed by atoms with Crippen LogP contribution in [0.1, 0.15) is 45.5 Å². The lowest BCUT2D eigenvalue weighted by Gasteiger charge is -2.32. The molecule has 170 valence electrons. The van der Waals surface area contributed by atoms with Crippen molar-refractivity contribution < 1.29 is 19.1 Å². The Morgan fingerprint density at radius 1 is 1.09 bits per heavy atom. The molecule has 0 spiro atoms. The van der Waals surface area contributed by atoms with Gasteiger partial charge in [0.1, 0.15) is 0 Å². The van der Waals surface area contributed by atoms with Gasteiger partial charge in [-0.2, -0.15) is 0 Å². The Kier molecular flexibility index (Phi) is 8.39. The van der Waals surface area contributed by atoms with Gasteiger partial charge in [0.25, 0.3) is 11.8 Å². The van der Waals surface area contributed by atoms with Gasteiger partial charge in [-0.1, -0.05) is 23.8 Å². The molecule has 3 amide bonds. The number of amides is 3. The van der Waals surface area contributed by atoms with Gasteiger partial charge >= 0.3 is 0 Å². The minimum Gasteiger partial charge on any atom is -0.385 e. The second kappa shape index (κ2) is 11.4. The Bertz CT molecular complexity index is 942. The first kappa shape index (κ1) is 23.5. The summed E-state index contributed by atoms with van der Waals surface area (Å²) < 4.78 is 5.00. The topological polar surface area (TPSA) is 87.7 Å². The quantitative estimate of drug-likeness (QED) is 0.621. The molecule has 1 aliphatic rings. The minimum atomic E-state index is -0.224. The lowest BCUT2D eigenvalue weighted by atomic mass is 9.96. The van der Waals surface area contributed by atoms with Crippen LogP contribution in [0.3, 0.4) is 0 Å². The average Bonchev–Trinajstić information content (AvgIpc) is 2.82. The third kappa shape index (κ3) is 6.40. The van der Waals surface area contributed by atoms with Gasteiger partial charge in [0, 0.05) is 50.2 Å². The van der Waals surface area contributed by atoms with Crippen LogP contribution in [-0.2, 0) is 9.53 Å². The molecule has 1 heterocycles. The highest BCUT2D eigenvalue weighted by atomic mass is 16.5. The van der Waals surface area contributed by atoms with Crippen LogP contribution >= 0.6 is 0 Å². The molecule has 2 aromatic rings. The Morgan fingerprint density at radius 2 is 1.88 bits per heavy atom. The first-order chi connectivity index (χ1) is 15.5. The van der Waals surface area contributed by atoms with Gasteiger partial charge in [-0.05, 0) is 56.5 Å². The summed E-state index contributed by atoms with van der Waals surface area (Å²) in [6.07, 6.45) is 2.32. The number of likely N-dealkylation sites (tertiary alicyclic amines) is 1. The third-order valence-electron chi connectivity index (χ3n) is 5.59. The van der Waals surface area contributed by atoms with Crippen LogP contribution in [0.2, 0.25) is 0 Å². The van der Waals surface area contributed by atoms with E-state index in [2.05, 4.69) is 10.6 Å². The van der Waals surface area contributed by atoms with Crippen molar-refractivity contribution in [1.82, 2.24) is 10.2 Å². The van der Waals surface area contributed by atoms with E-state index in [1.54, 1.807) is 48.4 Å². The molecule has 0 radical (unpaired) electrons. The van der Waals surface area contributed by atoms with Gasteiger partial charge in [-0.25, -0.2) is 0 Å². The second-order valence-corrected chi connectivity index (χ2v) is 8.13. The zero-order chi connectivity index (χ0) is 22.9. The highest BCUT2D eigenvalue weighted by molar-refractivity contribution is 6.05. The zero-order valence-electron chi connectivity index (χ0n) is 18.7. The van der Waals surface area contributed by atoms with Gasteiger partial charge < -0.3 is 20.3 Å². The SMILES string of the molecule is COCCCNC(=O)C1CCCN(C(=O)c2cccc(NC(=O)c3ccc(C)cc3)c2)C1. The summed E-state index contributed by atoms with van der Waals surface area (Å²) in [4.78, 5) is 39.8. The first-order valence-electron chi connectivity index (χ1n) is 11.0. The van der Waals surface area contributed by atoms with Gasteiger partial charge in [-0.3, -0.25) is 14.4 Å². The van der Waals surface area contributed by atoms with Crippen LogP contribution in [0, 0.1) is 12.8 Å². The Morgan fingerprint density at radius 3 is 2.62 bits per heavy atom. The number of nitrogens with one attached hydrogen (secondary N) is 2. The van der Waals surface area contributed by atoms with Crippen LogP contribution in [0.15, 0.2) is 48.5 Å². The molecule has 1 atom stereocenters. The number of aryl methyl sites for hydroxylation is 1. The third-order valence-corrected chi connectivity index (χ3v) is 5.59. The Hall–Kier alpha value is -3.19. The van der Waals surface area contributed by atoms with Gasteiger partial charge in [0.05, 0.1) is 5.92 Å². The van der Waals surface area contributed by atoms with Crippen molar-refractivity contribution in [3.05, 3.63) is 65.2 Å². The number of rotatable bonds is 8. The molecule has 1 aliphatic heterocycles. The molecule has 2 N–H and O–H groups in total. The number of benzene rings is 2. The summed E-state index contributed by atoms with van der Waals surface area (Å²) in [6, 6.07) is 14.2. The van der Waals surface area contributed by atoms with Crippen molar-refractivity contribution in [2.24, 2.45) is 5.92 Å². The fraction of sp³-hybridized carbons (Fsp3) is 0.400. The predicted octanol–water partition coefficient (Wildman–Crippen LogP) is 3.25. The smallest absolute Gasteiger partial charge is 0.255 e. The Labute approximate surface area is 189 Å². The molecular formula is C25H31N3O4. The summed E-state index contributed by atoms with van der Waals surface area (Å²) in [6.45, 7) is 4.15. The molecule has 0 saturated carbocycles. The zero-order valence-corrected chi connectivity index (χ0v) is 18.7. The van der Waals surface area contributed by atoms with E-state index in [1.807, 2.05) is 19.1 Å². The summed E-state index contributed by atoms with van der Waals surface area (Å²) in [5.74, 6) is -0.580. The standard InChI is InChI=1S/C25H31N3O4/c1-18-9-11-19(12-10-18)24(30)27-22-8-3-6-20(16-22)25(31)28-14-4-7-21(17-28)23(29)26-13-5-15-32-2/h3,6,8-12,16,21H,4-5,7,13-15,17H2,1-2H3,(H,26,29)(H,27,30). The van der Waals surface area contributed by atoms with Crippen molar-refractivity contribution in [1.29, 1.82) is 0 Å². The molecule has 1 saturated heterocycles. The van der Waals surface area contributed by atoms with Crippen molar-refractivity contribution >= 4 is 23.4 Å². The van der Waals surface area contributed by atoms with E-state index < -0.39 is 0 Å². The lowest BCUT2D eigenvalue weighted by Crippen LogP contribution is -2.45. The predicted molar refractivity (Wildman–Crippen MR) is 124 cm³/mol. The maximum Gasteiger partial charge on any atom is 0.255 e. The van der Waals surface area contributed by atoms with E-state index in [-0.39, 0.29) is 23.6 Å². The number of hydrogen-bond donors (Lipinski definition) is 2. The second-order valence-electron chi connectivity index (χ2n) is 8.13. The highest BCUT2D eigenvalue weighted by Crippen LogP contribution is 2.21. The van der Waals surface area contributed by atoms with Crippen molar-refractivity contribution in [3.63, 3.8) is 0 Å². The van der Waals surface area contributed by atoms with E-state index in [0.29, 0.717) is 43.1 Å². The van der Waals surface area contributed by atoms with E-state index in [1.165, 1.54) is 0 Å². The molecule has 0 aliphatic carbocycles. The number of carbonyl (C=O) groups is 3. The number of nitrogens with zero attached hydrogens (tertiary/aromatic N) is 1. The number of methoxy groups -OCH3 is 1. The molecule has 1 fully saturated rings. The maximum absolute atomic E-state index is 13.1. The van der Waals surface area contributed by atoms with Gasteiger partial charge in [0.2, 0.25) is 5.91 Å². The summed E-state index contributed by atoms with van der Waals surface area (Å²) in [7, 11) is 1.63. The molecule has 32 heavy (non-hydrogen) atoms. The number of anilines is 1. The van der Waals surface area contributed by atoms with Crippen LogP contribution in [0.4, 0.5) is 5.69 Å². The molecule has 7 nitrogen and oxygen atoms in total. The molecule has 1 unspecified atom stereocenters. The summed E-state index contributed by atoms with van der Waals surface area (Å²) in [5, 5.41) is 5.78. The monoisotopic (exact) mass is 437 g/mol. The number of carbonyl (C=O) groups excluding carboxylic acids is 3. The average molecular weight is 438 g/mol. The van der Waals surface area contributed by atoms with E-state index >= 15 is 0 Å². The summed E-state index contributed by atoms with van der Waals surface area (Å²) >= 11 is 0. The fourth-order valence-electron chi connectivity index (χ4n) is 3.77. The van der Waals surface area contributed by atoms with E-state index in [4.69, 9.17) is 4.74 Å². The lowest BCUT2D eigenvalue weighted by molar-refractivity contribution is -0.126. The van der Waals surface area contributed by atoms with Crippen LogP contribution in [0.5, 0.6) is 0 Å². The summed E-state index contributed by atoms with van der Waals surface area (Å²) in [5.41, 5.74) is 2.69. The molecule has 7 heteroatoms. The van der Waals surface area contributed by atoms with E-state index in [9.17, 15) is 14.4 Å². The largest absolute Gasteiger partial charge is 0.385 e. The van der Waals surface area contributed by atoms with E-state index in [0.717, 1.165) is 24.8 Å². The van der Waals surface area contributed by atoms with Gasteiger partial charge in [0.15, 0.2) is 0 Å². The van der Waals surface area contributed by atoms with Crippen LogP contribution < -0.4 is 10.6 Å². The number of hydrogen-bond acceptors (Lipinski definition) is 4. The number of piperidine rings is 1. The Balaban J connectivity index is 1.60. The molecular weight excluding hydrogens is 406 g/mol. The fourth-order valence-corrected chi connectivity index (χ4v) is 3.77. The number of ether oxygens (including phenoxy) is 1. The maximum atomic E-state index is 13.1. The molecule has 3 rings (SSSR count). The highest BCUT2D eigenvalue weighted by Gasteiger charge is 2.28. The minimum absolute atomic E-state index is 0.0160.